The van der Waals surface area contributed by atoms with Gasteiger partial charge in [0.15, 0.2) is 0 Å². The predicted molar refractivity (Wildman–Crippen MR) is 80.0 cm³/mol. The lowest BCUT2D eigenvalue weighted by Gasteiger charge is -2.17. The van der Waals surface area contributed by atoms with Crippen LogP contribution in [-0.4, -0.2) is 35.9 Å². The molecule has 21 heavy (non-hydrogen) atoms. The van der Waals surface area contributed by atoms with Crippen LogP contribution in [0.15, 0.2) is 30.5 Å². The Morgan fingerprint density at radius 2 is 2.29 bits per heavy atom. The highest BCUT2D eigenvalue weighted by Crippen LogP contribution is 2.29. The van der Waals surface area contributed by atoms with Crippen LogP contribution in [0.25, 0.3) is 0 Å². The van der Waals surface area contributed by atoms with Crippen LogP contribution in [0, 0.1) is 0 Å². The number of amides is 1. The first-order valence-corrected chi connectivity index (χ1v) is 6.74. The molecular weight excluding hydrogens is 294 g/mol. The van der Waals surface area contributed by atoms with E-state index in [9.17, 15) is 4.79 Å². The van der Waals surface area contributed by atoms with Gasteiger partial charge in [0.2, 0.25) is 0 Å². The van der Waals surface area contributed by atoms with Gasteiger partial charge < -0.3 is 14.8 Å². The zero-order valence-electron chi connectivity index (χ0n) is 11.7. The maximum Gasteiger partial charge on any atom is 0.273 e. The van der Waals surface area contributed by atoms with E-state index in [0.29, 0.717) is 28.8 Å². The van der Waals surface area contributed by atoms with E-state index < -0.39 is 0 Å². The topological polar surface area (TPSA) is 76.2 Å². The van der Waals surface area contributed by atoms with Crippen molar-refractivity contribution in [3.63, 3.8) is 0 Å². The summed E-state index contributed by atoms with van der Waals surface area (Å²) in [5.74, 6) is 0.204. The Kier molecular flexibility index (Phi) is 5.19. The van der Waals surface area contributed by atoms with Crippen molar-refractivity contribution in [2.24, 2.45) is 0 Å². The van der Waals surface area contributed by atoms with Crippen molar-refractivity contribution < 1.29 is 14.3 Å². The molecule has 1 atom stereocenters. The zero-order chi connectivity index (χ0) is 15.2. The SMILES string of the molecule is COCC(C)Oc1ccc(Cl)cc1NC(=O)c1ccn[nH]1. The van der Waals surface area contributed by atoms with Crippen molar-refractivity contribution in [1.29, 1.82) is 0 Å². The van der Waals surface area contributed by atoms with Gasteiger partial charge in [-0.05, 0) is 31.2 Å². The van der Waals surface area contributed by atoms with Crippen molar-refractivity contribution in [2.45, 2.75) is 13.0 Å². The van der Waals surface area contributed by atoms with Crippen LogP contribution in [0.3, 0.4) is 0 Å². The Hall–Kier alpha value is -2.05. The van der Waals surface area contributed by atoms with E-state index in [4.69, 9.17) is 21.1 Å². The van der Waals surface area contributed by atoms with Gasteiger partial charge in [-0.1, -0.05) is 11.6 Å². The van der Waals surface area contributed by atoms with Crippen LogP contribution >= 0.6 is 11.6 Å². The molecule has 112 valence electrons. The molecule has 1 heterocycles. The van der Waals surface area contributed by atoms with E-state index in [0.717, 1.165) is 0 Å². The molecule has 6 nitrogen and oxygen atoms in total. The van der Waals surface area contributed by atoms with Gasteiger partial charge in [-0.15, -0.1) is 0 Å². The predicted octanol–water partition coefficient (Wildman–Crippen LogP) is 2.73. The third-order valence-electron chi connectivity index (χ3n) is 2.66. The van der Waals surface area contributed by atoms with Gasteiger partial charge in [0, 0.05) is 18.3 Å². The van der Waals surface area contributed by atoms with E-state index in [-0.39, 0.29) is 12.0 Å². The van der Waals surface area contributed by atoms with Crippen molar-refractivity contribution in [3.05, 3.63) is 41.2 Å². The minimum absolute atomic E-state index is 0.154. The number of hydrogen-bond donors (Lipinski definition) is 2. The fraction of sp³-hybridized carbons (Fsp3) is 0.286. The molecule has 1 amide bonds. The molecule has 0 bridgehead atoms. The van der Waals surface area contributed by atoms with Crippen molar-refractivity contribution >= 4 is 23.2 Å². The summed E-state index contributed by atoms with van der Waals surface area (Å²) < 4.78 is 10.8. The molecule has 2 rings (SSSR count). The summed E-state index contributed by atoms with van der Waals surface area (Å²) in [6.45, 7) is 2.31. The summed E-state index contributed by atoms with van der Waals surface area (Å²) >= 11 is 5.97. The Balaban J connectivity index is 2.17. The number of carbonyl (C=O) groups is 1. The molecule has 0 aliphatic rings. The second-order valence-electron chi connectivity index (χ2n) is 4.45. The number of hydrogen-bond acceptors (Lipinski definition) is 4. The number of H-pyrrole nitrogens is 1. The molecule has 0 spiro atoms. The zero-order valence-corrected chi connectivity index (χ0v) is 12.5. The summed E-state index contributed by atoms with van der Waals surface area (Å²) in [6.07, 6.45) is 1.35. The van der Waals surface area contributed by atoms with E-state index in [2.05, 4.69) is 15.5 Å². The molecule has 1 unspecified atom stereocenters. The molecule has 0 radical (unpaired) electrons. The summed E-state index contributed by atoms with van der Waals surface area (Å²) in [7, 11) is 1.60. The Labute approximate surface area is 127 Å². The highest BCUT2D eigenvalue weighted by molar-refractivity contribution is 6.31. The number of ether oxygens (including phenoxy) is 2. The smallest absolute Gasteiger partial charge is 0.273 e. The van der Waals surface area contributed by atoms with Gasteiger partial charge in [-0.25, -0.2) is 0 Å². The molecule has 0 saturated heterocycles. The molecule has 0 fully saturated rings. The van der Waals surface area contributed by atoms with Gasteiger partial charge in [-0.2, -0.15) is 5.10 Å². The lowest BCUT2D eigenvalue weighted by molar-refractivity contribution is 0.0921. The maximum absolute atomic E-state index is 12.0. The molecule has 1 aromatic heterocycles. The fourth-order valence-electron chi connectivity index (χ4n) is 1.76. The van der Waals surface area contributed by atoms with E-state index in [1.165, 1.54) is 6.20 Å². The second-order valence-corrected chi connectivity index (χ2v) is 4.89. The van der Waals surface area contributed by atoms with Gasteiger partial charge >= 0.3 is 0 Å². The van der Waals surface area contributed by atoms with Crippen LogP contribution in [0.5, 0.6) is 5.75 Å². The normalized spacial score (nSPS) is 12.0. The van der Waals surface area contributed by atoms with Crippen LogP contribution in [0.4, 0.5) is 5.69 Å². The van der Waals surface area contributed by atoms with E-state index in [1.807, 2.05) is 6.92 Å². The van der Waals surface area contributed by atoms with E-state index >= 15 is 0 Å². The highest BCUT2D eigenvalue weighted by atomic mass is 35.5. The van der Waals surface area contributed by atoms with Crippen molar-refractivity contribution in [3.8, 4) is 5.75 Å². The summed E-state index contributed by atoms with van der Waals surface area (Å²) in [5.41, 5.74) is 0.843. The fourth-order valence-corrected chi connectivity index (χ4v) is 1.93. The monoisotopic (exact) mass is 309 g/mol. The number of methoxy groups -OCH3 is 1. The standard InChI is InChI=1S/C14H16ClN3O3/c1-9(8-20-2)21-13-4-3-10(15)7-12(13)17-14(19)11-5-6-16-18-11/h3-7,9H,8H2,1-2H3,(H,16,18)(H,17,19). The first kappa shape index (κ1) is 15.3. The Bertz CT molecular complexity index is 602. The molecule has 0 aliphatic carbocycles. The van der Waals surface area contributed by atoms with Crippen LogP contribution < -0.4 is 10.1 Å². The highest BCUT2D eigenvalue weighted by Gasteiger charge is 2.13. The number of aromatic nitrogens is 2. The number of anilines is 1. The molecule has 1 aromatic carbocycles. The van der Waals surface area contributed by atoms with E-state index in [1.54, 1.807) is 31.4 Å². The van der Waals surface area contributed by atoms with Gasteiger partial charge in [0.25, 0.3) is 5.91 Å². The van der Waals surface area contributed by atoms with Gasteiger partial charge in [-0.3, -0.25) is 9.89 Å². The van der Waals surface area contributed by atoms with Crippen molar-refractivity contribution in [2.75, 3.05) is 19.0 Å². The first-order chi connectivity index (χ1) is 10.1. The number of rotatable bonds is 6. The summed E-state index contributed by atoms with van der Waals surface area (Å²) in [5, 5.41) is 9.58. The molecule has 7 heteroatoms. The van der Waals surface area contributed by atoms with Gasteiger partial charge in [0.1, 0.15) is 17.5 Å². The molecule has 2 aromatic rings. The number of nitrogens with zero attached hydrogens (tertiary/aromatic N) is 1. The minimum Gasteiger partial charge on any atom is -0.486 e. The molecule has 2 N–H and O–H groups in total. The van der Waals surface area contributed by atoms with Crippen molar-refractivity contribution in [1.82, 2.24) is 10.2 Å². The molecule has 0 saturated carbocycles. The first-order valence-electron chi connectivity index (χ1n) is 6.36. The van der Waals surface area contributed by atoms with Crippen LogP contribution in [0.1, 0.15) is 17.4 Å². The molecule has 0 aliphatic heterocycles. The van der Waals surface area contributed by atoms with Crippen LogP contribution in [0.2, 0.25) is 5.02 Å². The number of carbonyl (C=O) groups excluding carboxylic acids is 1. The summed E-state index contributed by atoms with van der Waals surface area (Å²) in [4.78, 5) is 12.0. The molecular formula is C14H16ClN3O3. The second kappa shape index (κ2) is 7.10. The number of benzene rings is 1. The van der Waals surface area contributed by atoms with Crippen LogP contribution in [-0.2, 0) is 4.74 Å². The maximum atomic E-state index is 12.0. The number of aromatic amines is 1. The third kappa shape index (κ3) is 4.21. The third-order valence-corrected chi connectivity index (χ3v) is 2.90. The Morgan fingerprint density at radius 1 is 1.48 bits per heavy atom. The average molecular weight is 310 g/mol. The Morgan fingerprint density at radius 3 is 2.95 bits per heavy atom. The number of nitrogens with one attached hydrogen (secondary N) is 2. The minimum atomic E-state index is -0.320. The lowest BCUT2D eigenvalue weighted by Crippen LogP contribution is -2.20. The number of halogens is 1. The van der Waals surface area contributed by atoms with Gasteiger partial charge in [0.05, 0.1) is 12.3 Å². The summed E-state index contributed by atoms with van der Waals surface area (Å²) in [6, 6.07) is 6.61. The average Bonchev–Trinajstić information content (AvgIpc) is 2.96. The quantitative estimate of drug-likeness (QED) is 0.860. The lowest BCUT2D eigenvalue weighted by atomic mass is 10.2. The largest absolute Gasteiger partial charge is 0.486 e.